The number of methoxy groups -OCH3 is 1. The Hall–Kier alpha value is -2.30. The van der Waals surface area contributed by atoms with Crippen LogP contribution >= 0.6 is 27.5 Å². The molecular weight excluding hydrogens is 438 g/mol. The Morgan fingerprint density at radius 2 is 1.79 bits per heavy atom. The lowest BCUT2D eigenvalue weighted by atomic mass is 10.1. The molecule has 0 aliphatic heterocycles. The first kappa shape index (κ1) is 20.4. The summed E-state index contributed by atoms with van der Waals surface area (Å²) in [6.45, 7) is 4.52. The van der Waals surface area contributed by atoms with Crippen LogP contribution in [0.15, 0.2) is 64.1 Å². The van der Waals surface area contributed by atoms with Crippen LogP contribution in [-0.2, 0) is 6.61 Å². The second kappa shape index (κ2) is 9.26. The Morgan fingerprint density at radius 1 is 1.04 bits per heavy atom. The minimum Gasteiger partial charge on any atom is -0.493 e. The lowest BCUT2D eigenvalue weighted by Crippen LogP contribution is -1.99. The Balaban J connectivity index is 1.80. The minimum absolute atomic E-state index is 0.402. The van der Waals surface area contributed by atoms with Crippen molar-refractivity contribution in [2.24, 2.45) is 4.99 Å². The van der Waals surface area contributed by atoms with Gasteiger partial charge < -0.3 is 9.47 Å². The number of rotatable bonds is 6. The normalized spacial score (nSPS) is 11.0. The number of ether oxygens (including phenoxy) is 2. The molecule has 3 aromatic carbocycles. The van der Waals surface area contributed by atoms with Crippen molar-refractivity contribution in [3.05, 3.63) is 86.3 Å². The highest BCUT2D eigenvalue weighted by Gasteiger charge is 2.12. The van der Waals surface area contributed by atoms with Crippen molar-refractivity contribution < 1.29 is 9.47 Å². The van der Waals surface area contributed by atoms with E-state index in [0.717, 1.165) is 26.9 Å². The van der Waals surface area contributed by atoms with E-state index < -0.39 is 0 Å². The summed E-state index contributed by atoms with van der Waals surface area (Å²) < 4.78 is 12.4. The predicted molar refractivity (Wildman–Crippen MR) is 120 cm³/mol. The summed E-state index contributed by atoms with van der Waals surface area (Å²) in [5, 5.41) is 0.485. The van der Waals surface area contributed by atoms with Gasteiger partial charge in [-0.2, -0.15) is 0 Å². The van der Waals surface area contributed by atoms with E-state index in [1.54, 1.807) is 13.3 Å². The van der Waals surface area contributed by atoms with Crippen LogP contribution in [0, 0.1) is 13.8 Å². The molecule has 28 heavy (non-hydrogen) atoms. The molecule has 0 unspecified atom stereocenters. The lowest BCUT2D eigenvalue weighted by molar-refractivity contribution is 0.284. The monoisotopic (exact) mass is 457 g/mol. The van der Waals surface area contributed by atoms with Gasteiger partial charge in [0, 0.05) is 10.7 Å². The average molecular weight is 459 g/mol. The number of benzene rings is 3. The molecule has 0 aliphatic carbocycles. The third-order valence-corrected chi connectivity index (χ3v) is 5.06. The van der Waals surface area contributed by atoms with E-state index in [9.17, 15) is 0 Å². The number of halogens is 2. The summed E-state index contributed by atoms with van der Waals surface area (Å²) in [5.74, 6) is 1.10. The largest absolute Gasteiger partial charge is 0.493 e. The lowest BCUT2D eigenvalue weighted by Gasteiger charge is -2.13. The van der Waals surface area contributed by atoms with E-state index in [1.165, 1.54) is 5.56 Å². The highest BCUT2D eigenvalue weighted by molar-refractivity contribution is 9.10. The van der Waals surface area contributed by atoms with Crippen molar-refractivity contribution >= 4 is 39.4 Å². The summed E-state index contributed by atoms with van der Waals surface area (Å²) >= 11 is 9.89. The second-order valence-corrected chi connectivity index (χ2v) is 7.82. The highest BCUT2D eigenvalue weighted by Crippen LogP contribution is 2.37. The molecule has 144 valence electrons. The Morgan fingerprint density at radius 3 is 2.46 bits per heavy atom. The fourth-order valence-electron chi connectivity index (χ4n) is 2.78. The Bertz CT molecular complexity index is 1000. The van der Waals surface area contributed by atoms with Crippen LogP contribution in [0.3, 0.4) is 0 Å². The van der Waals surface area contributed by atoms with E-state index in [1.807, 2.05) is 55.5 Å². The van der Waals surface area contributed by atoms with E-state index in [4.69, 9.17) is 21.1 Å². The molecule has 0 bridgehead atoms. The van der Waals surface area contributed by atoms with Crippen molar-refractivity contribution in [2.75, 3.05) is 7.11 Å². The smallest absolute Gasteiger partial charge is 0.180 e. The molecule has 3 nitrogen and oxygen atoms in total. The van der Waals surface area contributed by atoms with Gasteiger partial charge in [0.15, 0.2) is 11.5 Å². The summed E-state index contributed by atoms with van der Waals surface area (Å²) in [6, 6.07) is 17.8. The minimum atomic E-state index is 0.402. The SMILES string of the molecule is COc1cc(C=Nc2ccc(C)cc2C)cc(Cl)c1OCc1ccc(Br)cc1. The number of hydrogen-bond donors (Lipinski definition) is 0. The van der Waals surface area contributed by atoms with Crippen LogP contribution in [0.5, 0.6) is 11.5 Å². The number of nitrogens with zero attached hydrogens (tertiary/aromatic N) is 1. The van der Waals surface area contributed by atoms with E-state index in [0.29, 0.717) is 23.1 Å². The highest BCUT2D eigenvalue weighted by atomic mass is 79.9. The summed E-state index contributed by atoms with van der Waals surface area (Å²) in [7, 11) is 1.60. The molecule has 0 fully saturated rings. The third-order valence-electron chi connectivity index (χ3n) is 4.25. The third kappa shape index (κ3) is 5.15. The van der Waals surface area contributed by atoms with Gasteiger partial charge in [0.05, 0.1) is 17.8 Å². The molecule has 0 heterocycles. The van der Waals surface area contributed by atoms with Crippen LogP contribution in [0.2, 0.25) is 5.02 Å². The zero-order valence-electron chi connectivity index (χ0n) is 16.0. The first-order valence-electron chi connectivity index (χ1n) is 8.82. The predicted octanol–water partition coefficient (Wildman–Crippen LogP) is 7.06. The number of aryl methyl sites for hydroxylation is 2. The molecule has 0 saturated carbocycles. The Labute approximate surface area is 179 Å². The van der Waals surface area contributed by atoms with Crippen molar-refractivity contribution in [2.45, 2.75) is 20.5 Å². The van der Waals surface area contributed by atoms with Gasteiger partial charge >= 0.3 is 0 Å². The van der Waals surface area contributed by atoms with E-state index >= 15 is 0 Å². The van der Waals surface area contributed by atoms with E-state index in [2.05, 4.69) is 33.9 Å². The van der Waals surface area contributed by atoms with E-state index in [-0.39, 0.29) is 0 Å². The fourth-order valence-corrected chi connectivity index (χ4v) is 3.32. The first-order chi connectivity index (χ1) is 13.5. The fraction of sp³-hybridized carbons (Fsp3) is 0.174. The molecule has 3 rings (SSSR count). The number of hydrogen-bond acceptors (Lipinski definition) is 3. The zero-order chi connectivity index (χ0) is 20.1. The van der Waals surface area contributed by atoms with Crippen LogP contribution in [0.25, 0.3) is 0 Å². The molecule has 0 aromatic heterocycles. The zero-order valence-corrected chi connectivity index (χ0v) is 18.3. The molecule has 0 aliphatic rings. The van der Waals surface area contributed by atoms with Gasteiger partial charge in [0.1, 0.15) is 6.61 Å². The molecule has 0 saturated heterocycles. The van der Waals surface area contributed by atoms with Crippen molar-refractivity contribution in [1.29, 1.82) is 0 Å². The van der Waals surface area contributed by atoms with Gasteiger partial charge in [-0.15, -0.1) is 0 Å². The van der Waals surface area contributed by atoms with Gasteiger partial charge in [0.25, 0.3) is 0 Å². The maximum absolute atomic E-state index is 6.46. The molecule has 0 radical (unpaired) electrons. The van der Waals surface area contributed by atoms with Gasteiger partial charge in [-0.25, -0.2) is 0 Å². The van der Waals surface area contributed by atoms with Crippen LogP contribution in [-0.4, -0.2) is 13.3 Å². The second-order valence-electron chi connectivity index (χ2n) is 6.50. The summed E-state index contributed by atoms with van der Waals surface area (Å²) in [6.07, 6.45) is 1.78. The Kier molecular flexibility index (Phi) is 6.76. The molecule has 0 atom stereocenters. The molecular formula is C23H21BrClNO2. The van der Waals surface area contributed by atoms with Crippen LogP contribution < -0.4 is 9.47 Å². The molecule has 0 N–H and O–H groups in total. The average Bonchev–Trinajstić information content (AvgIpc) is 2.67. The maximum atomic E-state index is 6.46. The topological polar surface area (TPSA) is 30.8 Å². The molecule has 0 amide bonds. The van der Waals surface area contributed by atoms with Crippen molar-refractivity contribution in [3.63, 3.8) is 0 Å². The van der Waals surface area contributed by atoms with Crippen LogP contribution in [0.4, 0.5) is 5.69 Å². The molecule has 0 spiro atoms. The molecule has 5 heteroatoms. The van der Waals surface area contributed by atoms with Gasteiger partial charge in [-0.05, 0) is 60.9 Å². The van der Waals surface area contributed by atoms with Gasteiger partial charge in [-0.3, -0.25) is 4.99 Å². The standard InChI is InChI=1S/C23H21BrClNO2/c1-15-4-9-21(16(2)10-15)26-13-18-11-20(25)23(22(12-18)27-3)28-14-17-5-7-19(24)8-6-17/h4-13H,14H2,1-3H3. The van der Waals surface area contributed by atoms with Crippen molar-refractivity contribution in [1.82, 2.24) is 0 Å². The van der Waals surface area contributed by atoms with Gasteiger partial charge in [0.2, 0.25) is 0 Å². The summed E-state index contributed by atoms with van der Waals surface area (Å²) in [5.41, 5.74) is 5.16. The van der Waals surface area contributed by atoms with Crippen LogP contribution in [0.1, 0.15) is 22.3 Å². The maximum Gasteiger partial charge on any atom is 0.180 e. The quantitative estimate of drug-likeness (QED) is 0.370. The number of aliphatic imine (C=N–C) groups is 1. The van der Waals surface area contributed by atoms with Gasteiger partial charge in [-0.1, -0.05) is 57.4 Å². The first-order valence-corrected chi connectivity index (χ1v) is 9.99. The van der Waals surface area contributed by atoms with Crippen molar-refractivity contribution in [3.8, 4) is 11.5 Å². The summed E-state index contributed by atoms with van der Waals surface area (Å²) in [4.78, 5) is 4.58. The molecule has 3 aromatic rings.